The number of carboxylic acids is 1. The van der Waals surface area contributed by atoms with Gasteiger partial charge in [0.2, 0.25) is 5.91 Å². The van der Waals surface area contributed by atoms with Crippen LogP contribution >= 0.6 is 0 Å². The molecule has 5 N–H and O–H groups in total. The van der Waals surface area contributed by atoms with Crippen LogP contribution in [0.4, 0.5) is 0 Å². The van der Waals surface area contributed by atoms with E-state index < -0.39 is 12.0 Å². The van der Waals surface area contributed by atoms with Crippen molar-refractivity contribution in [2.75, 3.05) is 6.54 Å². The van der Waals surface area contributed by atoms with E-state index in [1.807, 2.05) is 0 Å². The lowest BCUT2D eigenvalue weighted by atomic mass is 9.90. The third kappa shape index (κ3) is 8.98. The summed E-state index contributed by atoms with van der Waals surface area (Å²) in [7, 11) is 0. The van der Waals surface area contributed by atoms with Crippen molar-refractivity contribution in [2.45, 2.75) is 58.9 Å². The Kier molecular flexibility index (Phi) is 7.59. The largest absolute Gasteiger partial charge is 0.480 e. The Balaban J connectivity index is 4.08. The molecule has 0 aliphatic rings. The Morgan fingerprint density at radius 1 is 1.28 bits per heavy atom. The van der Waals surface area contributed by atoms with E-state index in [0.717, 1.165) is 25.8 Å². The van der Waals surface area contributed by atoms with Gasteiger partial charge < -0.3 is 16.2 Å². The highest BCUT2D eigenvalue weighted by molar-refractivity contribution is 5.83. The maximum Gasteiger partial charge on any atom is 0.326 e. The summed E-state index contributed by atoms with van der Waals surface area (Å²) in [4.78, 5) is 22.7. The summed E-state index contributed by atoms with van der Waals surface area (Å²) in [6.45, 7) is 6.97. The highest BCUT2D eigenvalue weighted by Gasteiger charge is 2.20. The average molecular weight is 259 g/mol. The maximum absolute atomic E-state index is 11.7. The van der Waals surface area contributed by atoms with Crippen molar-refractivity contribution >= 4 is 11.9 Å². The zero-order valence-corrected chi connectivity index (χ0v) is 11.8. The predicted molar refractivity (Wildman–Crippen MR) is 69.9 cm³/mol. The van der Waals surface area contributed by atoms with Crippen molar-refractivity contribution in [3.63, 3.8) is 0 Å². The molecule has 0 saturated heterocycles. The van der Waals surface area contributed by atoms with Crippen molar-refractivity contribution in [3.8, 4) is 0 Å². The number of quaternary nitrogens is 1. The van der Waals surface area contributed by atoms with Gasteiger partial charge in [-0.1, -0.05) is 20.8 Å². The average Bonchev–Trinajstić information content (AvgIpc) is 2.24. The molecule has 5 heteroatoms. The van der Waals surface area contributed by atoms with Crippen molar-refractivity contribution in [1.82, 2.24) is 5.32 Å². The smallest absolute Gasteiger partial charge is 0.326 e. The van der Waals surface area contributed by atoms with Gasteiger partial charge in [0.25, 0.3) is 0 Å². The van der Waals surface area contributed by atoms with Crippen molar-refractivity contribution in [3.05, 3.63) is 0 Å². The second-order valence-corrected chi connectivity index (χ2v) is 5.87. The lowest BCUT2D eigenvalue weighted by Gasteiger charge is -2.19. The highest BCUT2D eigenvalue weighted by Crippen LogP contribution is 2.20. The molecule has 18 heavy (non-hydrogen) atoms. The second kappa shape index (κ2) is 8.08. The summed E-state index contributed by atoms with van der Waals surface area (Å²) in [5.41, 5.74) is 3.80. The topological polar surface area (TPSA) is 94.0 Å². The molecule has 0 saturated carbocycles. The van der Waals surface area contributed by atoms with Crippen LogP contribution in [0.5, 0.6) is 0 Å². The Hall–Kier alpha value is -1.10. The quantitative estimate of drug-likeness (QED) is 0.563. The molecule has 0 radical (unpaired) electrons. The van der Waals surface area contributed by atoms with Gasteiger partial charge in [0, 0.05) is 6.42 Å². The number of hydrogen-bond donors (Lipinski definition) is 3. The number of aliphatic carboxylic acids is 1. The first-order valence-corrected chi connectivity index (χ1v) is 6.57. The zero-order valence-electron chi connectivity index (χ0n) is 11.8. The molecular weight excluding hydrogens is 232 g/mol. The Morgan fingerprint density at radius 3 is 2.33 bits per heavy atom. The molecule has 0 aromatic rings. The van der Waals surface area contributed by atoms with Gasteiger partial charge in [0.15, 0.2) is 0 Å². The number of rotatable bonds is 8. The number of hydrogen-bond acceptors (Lipinski definition) is 2. The van der Waals surface area contributed by atoms with Crippen LogP contribution in [0, 0.1) is 5.41 Å². The second-order valence-electron chi connectivity index (χ2n) is 5.87. The van der Waals surface area contributed by atoms with E-state index in [2.05, 4.69) is 31.8 Å². The molecule has 0 aromatic carbocycles. The van der Waals surface area contributed by atoms with Crippen LogP contribution in [0.15, 0.2) is 0 Å². The summed E-state index contributed by atoms with van der Waals surface area (Å²) >= 11 is 0. The third-order valence-electron chi connectivity index (χ3n) is 2.73. The molecule has 1 atom stereocenters. The Morgan fingerprint density at radius 2 is 1.89 bits per heavy atom. The van der Waals surface area contributed by atoms with Crippen LogP contribution in [0.1, 0.15) is 52.9 Å². The van der Waals surface area contributed by atoms with Gasteiger partial charge in [0.05, 0.1) is 6.54 Å². The molecule has 106 valence electrons. The fourth-order valence-corrected chi connectivity index (χ4v) is 1.54. The minimum atomic E-state index is -0.955. The number of amides is 1. The normalized spacial score (nSPS) is 13.1. The van der Waals surface area contributed by atoms with Crippen LogP contribution in [-0.2, 0) is 9.59 Å². The van der Waals surface area contributed by atoms with E-state index in [4.69, 9.17) is 5.11 Å². The Bertz CT molecular complexity index is 272. The minimum absolute atomic E-state index is 0.0872. The molecule has 0 spiro atoms. The van der Waals surface area contributed by atoms with Crippen LogP contribution in [0.2, 0.25) is 0 Å². The van der Waals surface area contributed by atoms with Crippen LogP contribution in [0.25, 0.3) is 0 Å². The van der Waals surface area contributed by atoms with Gasteiger partial charge in [-0.15, -0.1) is 0 Å². The monoisotopic (exact) mass is 259 g/mol. The third-order valence-corrected chi connectivity index (χ3v) is 2.73. The molecule has 0 bridgehead atoms. The van der Waals surface area contributed by atoms with Gasteiger partial charge in [-0.2, -0.15) is 0 Å². The standard InChI is InChI=1S/C13H26N2O3/c1-13(2,3)8-7-11(16)15-10(12(17)18)6-4-5-9-14/h10H,4-9,14H2,1-3H3,(H,15,16)(H,17,18)/p+1/t10-/m0/s1. The lowest BCUT2D eigenvalue weighted by Crippen LogP contribution is -2.50. The van der Waals surface area contributed by atoms with Crippen LogP contribution in [0.3, 0.4) is 0 Å². The molecule has 0 heterocycles. The van der Waals surface area contributed by atoms with E-state index in [0.29, 0.717) is 12.8 Å². The Labute approximate surface area is 109 Å². The molecule has 5 nitrogen and oxygen atoms in total. The fourth-order valence-electron chi connectivity index (χ4n) is 1.54. The first-order chi connectivity index (χ1) is 8.26. The minimum Gasteiger partial charge on any atom is -0.480 e. The lowest BCUT2D eigenvalue weighted by molar-refractivity contribution is -0.368. The molecular formula is C13H27N2O3+. The first-order valence-electron chi connectivity index (χ1n) is 6.57. The summed E-state index contributed by atoms with van der Waals surface area (Å²) in [6, 6.07) is -0.760. The van der Waals surface area contributed by atoms with E-state index in [9.17, 15) is 9.59 Å². The van der Waals surface area contributed by atoms with Crippen molar-refractivity contribution in [1.29, 1.82) is 0 Å². The summed E-state index contributed by atoms with van der Waals surface area (Å²) in [5, 5.41) is 11.6. The first kappa shape index (κ1) is 16.9. The molecule has 1 amide bonds. The molecule has 0 aliphatic carbocycles. The highest BCUT2D eigenvalue weighted by atomic mass is 16.4. The SMILES string of the molecule is CC(C)(C)CCC(=O)N[C@@H](CCCC[NH3+])C(=O)O. The molecule has 0 aliphatic heterocycles. The number of carbonyl (C=O) groups excluding carboxylic acids is 1. The molecule has 0 aromatic heterocycles. The number of carbonyl (C=O) groups is 2. The number of unbranched alkanes of at least 4 members (excludes halogenated alkanes) is 1. The summed E-state index contributed by atoms with van der Waals surface area (Å²) < 4.78 is 0. The van der Waals surface area contributed by atoms with E-state index >= 15 is 0 Å². The molecule has 0 fully saturated rings. The van der Waals surface area contributed by atoms with Gasteiger partial charge in [-0.05, 0) is 31.1 Å². The fraction of sp³-hybridized carbons (Fsp3) is 0.846. The molecule has 0 rings (SSSR count). The summed E-state index contributed by atoms with van der Waals surface area (Å²) in [6.07, 6.45) is 3.28. The van der Waals surface area contributed by atoms with Crippen LogP contribution < -0.4 is 11.1 Å². The predicted octanol–water partition coefficient (Wildman–Crippen LogP) is 0.794. The van der Waals surface area contributed by atoms with E-state index in [1.165, 1.54) is 0 Å². The van der Waals surface area contributed by atoms with Crippen molar-refractivity contribution in [2.24, 2.45) is 5.41 Å². The summed E-state index contributed by atoms with van der Waals surface area (Å²) in [5.74, 6) is -1.13. The van der Waals surface area contributed by atoms with Gasteiger partial charge >= 0.3 is 5.97 Å². The number of carboxylic acid groups (broad SMARTS) is 1. The maximum atomic E-state index is 11.7. The molecule has 0 unspecified atom stereocenters. The van der Waals surface area contributed by atoms with Crippen LogP contribution in [-0.4, -0.2) is 29.6 Å². The van der Waals surface area contributed by atoms with E-state index in [1.54, 1.807) is 0 Å². The van der Waals surface area contributed by atoms with Crippen molar-refractivity contribution < 1.29 is 20.4 Å². The van der Waals surface area contributed by atoms with Gasteiger partial charge in [-0.25, -0.2) is 4.79 Å². The zero-order chi connectivity index (χ0) is 14.2. The van der Waals surface area contributed by atoms with Gasteiger partial charge in [0.1, 0.15) is 6.04 Å². The van der Waals surface area contributed by atoms with Gasteiger partial charge in [-0.3, -0.25) is 4.79 Å². The number of nitrogens with one attached hydrogen (secondary N) is 1. The van der Waals surface area contributed by atoms with E-state index in [-0.39, 0.29) is 11.3 Å².